The molecule has 4 amide bonds. The molecule has 1 aliphatic heterocycles. The van der Waals surface area contributed by atoms with Crippen LogP contribution in [0.15, 0.2) is 54.6 Å². The number of carbonyl (C=O) groups excluding carboxylic acids is 4. The molecular weight excluding hydrogens is 539 g/mol. The lowest BCUT2D eigenvalue weighted by Crippen LogP contribution is -2.57. The lowest BCUT2D eigenvalue weighted by atomic mass is 9.96. The Hall–Kier alpha value is -3.93. The molecule has 0 radical (unpaired) electrons. The fourth-order valence-electron chi connectivity index (χ4n) is 4.90. The molecule has 2 aromatic rings. The molecule has 0 aliphatic carbocycles. The summed E-state index contributed by atoms with van der Waals surface area (Å²) >= 11 is 0. The van der Waals surface area contributed by atoms with Crippen LogP contribution < -0.4 is 21.7 Å². The molecule has 222 valence electrons. The molecule has 3 rings (SSSR count). The number of hydrogen-bond donors (Lipinski definition) is 4. The number of halogens is 3. The highest BCUT2D eigenvalue weighted by Gasteiger charge is 2.43. The predicted octanol–water partition coefficient (Wildman–Crippen LogP) is 2.11. The van der Waals surface area contributed by atoms with E-state index in [1.807, 2.05) is 30.3 Å². The first kappa shape index (κ1) is 31.6. The van der Waals surface area contributed by atoms with Crippen molar-refractivity contribution in [3.05, 3.63) is 71.3 Å². The molecule has 9 nitrogen and oxygen atoms in total. The molecule has 0 bridgehead atoms. The van der Waals surface area contributed by atoms with E-state index in [1.54, 1.807) is 6.92 Å². The maximum atomic E-state index is 13.7. The van der Waals surface area contributed by atoms with Crippen molar-refractivity contribution in [3.8, 4) is 0 Å². The molecule has 1 saturated heterocycles. The number of nitrogens with zero attached hydrogens (tertiary/aromatic N) is 1. The van der Waals surface area contributed by atoms with E-state index in [0.29, 0.717) is 0 Å². The SMILES string of the molecule is CCC(NC(=O)C(C)N)C(=O)N1C[C@@H](c2ccccc2)C[C@H]1C(=O)NC(Cc1cccc(C(F)(F)F)c1)C(=O)NC. The van der Waals surface area contributed by atoms with Crippen molar-refractivity contribution in [2.45, 2.75) is 69.4 Å². The third-order valence-electron chi connectivity index (χ3n) is 7.17. The fraction of sp³-hybridized carbons (Fsp3) is 0.448. The van der Waals surface area contributed by atoms with E-state index in [4.69, 9.17) is 5.73 Å². The summed E-state index contributed by atoms with van der Waals surface area (Å²) in [7, 11) is 1.36. The van der Waals surface area contributed by atoms with E-state index in [1.165, 1.54) is 31.0 Å². The first-order valence-corrected chi connectivity index (χ1v) is 13.4. The molecule has 1 heterocycles. The maximum Gasteiger partial charge on any atom is 0.416 e. The zero-order valence-electron chi connectivity index (χ0n) is 23.2. The van der Waals surface area contributed by atoms with Gasteiger partial charge in [0, 0.05) is 25.9 Å². The fourth-order valence-corrected chi connectivity index (χ4v) is 4.90. The Morgan fingerprint density at radius 2 is 1.68 bits per heavy atom. The molecule has 5 atom stereocenters. The highest BCUT2D eigenvalue weighted by atomic mass is 19.4. The minimum atomic E-state index is -4.56. The van der Waals surface area contributed by atoms with Crippen LogP contribution in [0.5, 0.6) is 0 Å². The molecule has 0 spiro atoms. The Morgan fingerprint density at radius 1 is 1.00 bits per heavy atom. The average Bonchev–Trinajstić information content (AvgIpc) is 3.40. The Labute approximate surface area is 237 Å². The maximum absolute atomic E-state index is 13.7. The van der Waals surface area contributed by atoms with Gasteiger partial charge in [0.2, 0.25) is 23.6 Å². The molecule has 1 aliphatic rings. The summed E-state index contributed by atoms with van der Waals surface area (Å²) in [5.41, 5.74) is 5.92. The standard InChI is InChI=1S/C29H36F3N5O4/c1-4-22(35-25(38)17(2)33)28(41)37-16-20(19-10-6-5-7-11-19)15-24(37)27(40)36-23(26(39)34-3)14-18-9-8-12-21(13-18)29(30,31)32/h5-13,17,20,22-24H,4,14-16,33H2,1-3H3,(H,34,39)(H,35,38)(H,36,40)/t17?,20-,22?,23?,24-/m0/s1. The number of rotatable bonds is 10. The highest BCUT2D eigenvalue weighted by molar-refractivity contribution is 5.95. The molecule has 5 N–H and O–H groups in total. The topological polar surface area (TPSA) is 134 Å². The van der Waals surface area contributed by atoms with Crippen molar-refractivity contribution < 1.29 is 32.3 Å². The van der Waals surface area contributed by atoms with Crippen molar-refractivity contribution in [1.82, 2.24) is 20.9 Å². The van der Waals surface area contributed by atoms with Gasteiger partial charge in [-0.3, -0.25) is 19.2 Å². The van der Waals surface area contributed by atoms with Gasteiger partial charge in [-0.1, -0.05) is 55.5 Å². The van der Waals surface area contributed by atoms with Crippen LogP contribution in [0.1, 0.15) is 49.3 Å². The second-order valence-electron chi connectivity index (χ2n) is 10.2. The smallest absolute Gasteiger partial charge is 0.357 e. The average molecular weight is 576 g/mol. The molecular formula is C29H36F3N5O4. The predicted molar refractivity (Wildman–Crippen MR) is 146 cm³/mol. The van der Waals surface area contributed by atoms with Crippen molar-refractivity contribution >= 4 is 23.6 Å². The first-order chi connectivity index (χ1) is 19.3. The van der Waals surface area contributed by atoms with E-state index in [0.717, 1.165) is 17.7 Å². The van der Waals surface area contributed by atoms with Crippen molar-refractivity contribution in [1.29, 1.82) is 0 Å². The lowest BCUT2D eigenvalue weighted by molar-refractivity contribution is -0.142. The van der Waals surface area contributed by atoms with Crippen molar-refractivity contribution in [2.75, 3.05) is 13.6 Å². The molecule has 3 unspecified atom stereocenters. The van der Waals surface area contributed by atoms with Crippen LogP contribution in [-0.2, 0) is 31.8 Å². The van der Waals surface area contributed by atoms with Gasteiger partial charge in [0.05, 0.1) is 11.6 Å². The van der Waals surface area contributed by atoms with Gasteiger partial charge in [-0.2, -0.15) is 13.2 Å². The number of nitrogens with two attached hydrogens (primary N) is 1. The largest absolute Gasteiger partial charge is 0.416 e. The molecule has 0 aromatic heterocycles. The normalized spacial score (nSPS) is 19.1. The lowest BCUT2D eigenvalue weighted by Gasteiger charge is -2.29. The van der Waals surface area contributed by atoms with Crippen LogP contribution in [-0.4, -0.2) is 66.3 Å². The Bertz CT molecular complexity index is 1240. The molecule has 2 aromatic carbocycles. The van der Waals surface area contributed by atoms with E-state index < -0.39 is 59.5 Å². The summed E-state index contributed by atoms with van der Waals surface area (Å²) in [6, 6.07) is 9.96. The van der Waals surface area contributed by atoms with Crippen LogP contribution in [0, 0.1) is 0 Å². The molecule has 41 heavy (non-hydrogen) atoms. The van der Waals surface area contributed by atoms with Gasteiger partial charge in [-0.15, -0.1) is 0 Å². The number of hydrogen-bond acceptors (Lipinski definition) is 5. The van der Waals surface area contributed by atoms with Crippen LogP contribution in [0.3, 0.4) is 0 Å². The van der Waals surface area contributed by atoms with Gasteiger partial charge >= 0.3 is 6.18 Å². The van der Waals surface area contributed by atoms with Crippen LogP contribution in [0.2, 0.25) is 0 Å². The first-order valence-electron chi connectivity index (χ1n) is 13.4. The molecule has 12 heteroatoms. The van der Waals surface area contributed by atoms with E-state index in [-0.39, 0.29) is 37.3 Å². The van der Waals surface area contributed by atoms with Gasteiger partial charge in [-0.25, -0.2) is 0 Å². The minimum Gasteiger partial charge on any atom is -0.357 e. The minimum absolute atomic E-state index is 0.194. The summed E-state index contributed by atoms with van der Waals surface area (Å²) in [6.45, 7) is 3.41. The van der Waals surface area contributed by atoms with Crippen LogP contribution in [0.25, 0.3) is 0 Å². The van der Waals surface area contributed by atoms with Crippen LogP contribution >= 0.6 is 0 Å². The number of amides is 4. The summed E-state index contributed by atoms with van der Waals surface area (Å²) in [5.74, 6) is -2.38. The van der Waals surface area contributed by atoms with Crippen molar-refractivity contribution in [2.24, 2.45) is 5.73 Å². The number of likely N-dealkylation sites (tertiary alicyclic amines) is 1. The van der Waals surface area contributed by atoms with Gasteiger partial charge in [0.15, 0.2) is 0 Å². The number of nitrogens with one attached hydrogen (secondary N) is 3. The van der Waals surface area contributed by atoms with Gasteiger partial charge in [0.1, 0.15) is 18.1 Å². The van der Waals surface area contributed by atoms with Gasteiger partial charge in [0.25, 0.3) is 0 Å². The summed E-state index contributed by atoms with van der Waals surface area (Å²) in [6.07, 6.45) is -4.25. The van der Waals surface area contributed by atoms with Gasteiger partial charge in [-0.05, 0) is 37.0 Å². The quantitative estimate of drug-likeness (QED) is 0.345. The van der Waals surface area contributed by atoms with E-state index in [2.05, 4.69) is 16.0 Å². The Kier molecular flexibility index (Phi) is 10.5. The second kappa shape index (κ2) is 13.6. The third-order valence-corrected chi connectivity index (χ3v) is 7.17. The van der Waals surface area contributed by atoms with Crippen molar-refractivity contribution in [3.63, 3.8) is 0 Å². The third kappa shape index (κ3) is 8.06. The number of alkyl halides is 3. The second-order valence-corrected chi connectivity index (χ2v) is 10.2. The van der Waals surface area contributed by atoms with E-state index in [9.17, 15) is 32.3 Å². The summed E-state index contributed by atoms with van der Waals surface area (Å²) in [4.78, 5) is 53.6. The number of benzene rings is 2. The summed E-state index contributed by atoms with van der Waals surface area (Å²) < 4.78 is 39.7. The number of likely N-dealkylation sites (N-methyl/N-ethyl adjacent to an activating group) is 1. The highest BCUT2D eigenvalue weighted by Crippen LogP contribution is 2.33. The number of carbonyl (C=O) groups is 4. The Morgan fingerprint density at radius 3 is 2.27 bits per heavy atom. The van der Waals surface area contributed by atoms with Crippen LogP contribution in [0.4, 0.5) is 13.2 Å². The Balaban J connectivity index is 1.87. The zero-order chi connectivity index (χ0) is 30.3. The summed E-state index contributed by atoms with van der Waals surface area (Å²) in [5, 5.41) is 7.73. The molecule has 0 saturated carbocycles. The van der Waals surface area contributed by atoms with E-state index >= 15 is 0 Å². The monoisotopic (exact) mass is 575 g/mol. The molecule has 1 fully saturated rings. The zero-order valence-corrected chi connectivity index (χ0v) is 23.2. The van der Waals surface area contributed by atoms with Gasteiger partial charge < -0.3 is 26.6 Å².